The summed E-state index contributed by atoms with van der Waals surface area (Å²) < 4.78 is 11.0. The first-order valence-corrected chi connectivity index (χ1v) is 11.3. The largest absolute Gasteiger partial charge is 0.481 e. The average molecular weight is 464 g/mol. The van der Waals surface area contributed by atoms with Crippen LogP contribution in [-0.4, -0.2) is 41.1 Å². The highest BCUT2D eigenvalue weighted by atomic mass is 35.5. The van der Waals surface area contributed by atoms with E-state index in [4.69, 9.17) is 21.1 Å². The average Bonchev–Trinajstić information content (AvgIpc) is 2.85. The fraction of sp³-hybridized carbons (Fsp3) is 0.296. The zero-order valence-corrected chi connectivity index (χ0v) is 19.1. The number of benzene rings is 2. The van der Waals surface area contributed by atoms with Gasteiger partial charge in [0.25, 0.3) is 0 Å². The third-order valence-corrected chi connectivity index (χ3v) is 6.04. The number of hydrogen-bond donors (Lipinski definition) is 2. The fourth-order valence-electron chi connectivity index (χ4n) is 3.90. The summed E-state index contributed by atoms with van der Waals surface area (Å²) in [5, 5.41) is 20.3. The van der Waals surface area contributed by atoms with Crippen LogP contribution in [0.15, 0.2) is 60.8 Å². The molecule has 0 unspecified atom stereocenters. The Kier molecular flexibility index (Phi) is 7.64. The lowest BCUT2D eigenvalue weighted by molar-refractivity contribution is -0.113. The van der Waals surface area contributed by atoms with Gasteiger partial charge in [-0.1, -0.05) is 47.7 Å². The highest BCUT2D eigenvalue weighted by molar-refractivity contribution is 6.31. The lowest BCUT2D eigenvalue weighted by atomic mass is 9.94. The van der Waals surface area contributed by atoms with Crippen molar-refractivity contribution in [1.29, 1.82) is 0 Å². The number of hydrogen-bond acceptors (Lipinski definition) is 5. The first kappa shape index (κ1) is 23.3. The Morgan fingerprint density at radius 3 is 2.52 bits per heavy atom. The van der Waals surface area contributed by atoms with Gasteiger partial charge in [-0.3, -0.25) is 0 Å². The molecule has 0 amide bonds. The van der Waals surface area contributed by atoms with Crippen molar-refractivity contribution in [2.45, 2.75) is 37.6 Å². The van der Waals surface area contributed by atoms with Crippen molar-refractivity contribution in [3.8, 4) is 17.7 Å². The van der Waals surface area contributed by atoms with Crippen LogP contribution in [0.5, 0.6) is 5.88 Å². The zero-order chi connectivity index (χ0) is 23.2. The normalized spacial score (nSPS) is 20.1. The summed E-state index contributed by atoms with van der Waals surface area (Å²) >= 11 is 6.47. The van der Waals surface area contributed by atoms with E-state index in [2.05, 4.69) is 16.8 Å². The van der Waals surface area contributed by atoms with E-state index in [1.165, 1.54) is 0 Å². The molecular weight excluding hydrogens is 438 g/mol. The quantitative estimate of drug-likeness (QED) is 0.552. The van der Waals surface area contributed by atoms with Gasteiger partial charge in [0.15, 0.2) is 0 Å². The summed E-state index contributed by atoms with van der Waals surface area (Å²) in [5.74, 6) is 6.82. The molecule has 33 heavy (non-hydrogen) atoms. The maximum Gasteiger partial charge on any atom is 0.212 e. The number of ether oxygens (including phenoxy) is 2. The smallest absolute Gasteiger partial charge is 0.212 e. The molecule has 1 saturated heterocycles. The van der Waals surface area contributed by atoms with Crippen LogP contribution in [-0.2, 0) is 11.2 Å². The second-order valence-electron chi connectivity index (χ2n) is 8.12. The molecule has 170 valence electrons. The Bertz CT molecular complexity index is 1140. The van der Waals surface area contributed by atoms with E-state index in [-0.39, 0.29) is 18.8 Å². The topological polar surface area (TPSA) is 71.8 Å². The van der Waals surface area contributed by atoms with Crippen molar-refractivity contribution >= 4 is 11.6 Å². The predicted octanol–water partition coefficient (Wildman–Crippen LogP) is 4.31. The Labute approximate surface area is 199 Å². The number of aromatic nitrogens is 1. The second kappa shape index (κ2) is 10.8. The van der Waals surface area contributed by atoms with Gasteiger partial charge >= 0.3 is 0 Å². The first-order chi connectivity index (χ1) is 16.0. The molecular formula is C27H26ClNO4. The molecule has 5 nitrogen and oxygen atoms in total. The summed E-state index contributed by atoms with van der Waals surface area (Å²) in [5.41, 5.74) is 4.79. The van der Waals surface area contributed by atoms with Crippen LogP contribution in [0.1, 0.15) is 46.8 Å². The lowest BCUT2D eigenvalue weighted by Gasteiger charge is -2.32. The SMILES string of the molecule is COc1ccc(C#Cc2ccc(Cc3cc([C@H]4C[C@@H](O)C[C@@H](CO)O4)ccc3Cl)cc2)cn1. The van der Waals surface area contributed by atoms with Crippen LogP contribution in [0.25, 0.3) is 0 Å². The van der Waals surface area contributed by atoms with Crippen LogP contribution in [0.2, 0.25) is 5.02 Å². The molecule has 3 aromatic rings. The van der Waals surface area contributed by atoms with E-state index >= 15 is 0 Å². The number of pyridine rings is 1. The monoisotopic (exact) mass is 463 g/mol. The van der Waals surface area contributed by atoms with Crippen LogP contribution in [0.4, 0.5) is 0 Å². The van der Waals surface area contributed by atoms with Crippen molar-refractivity contribution in [2.24, 2.45) is 0 Å². The number of aliphatic hydroxyl groups is 2. The third-order valence-electron chi connectivity index (χ3n) is 5.67. The Morgan fingerprint density at radius 2 is 1.82 bits per heavy atom. The van der Waals surface area contributed by atoms with Gasteiger partial charge in [-0.2, -0.15) is 0 Å². The molecule has 4 rings (SSSR count). The van der Waals surface area contributed by atoms with Crippen LogP contribution in [0, 0.1) is 11.8 Å². The minimum atomic E-state index is -0.484. The maximum absolute atomic E-state index is 10.1. The molecule has 2 aromatic carbocycles. The summed E-state index contributed by atoms with van der Waals surface area (Å²) in [6.07, 6.45) is 2.23. The van der Waals surface area contributed by atoms with E-state index < -0.39 is 6.10 Å². The third kappa shape index (κ3) is 6.13. The highest BCUT2D eigenvalue weighted by Crippen LogP contribution is 2.33. The van der Waals surface area contributed by atoms with E-state index in [9.17, 15) is 10.2 Å². The van der Waals surface area contributed by atoms with Crippen molar-refractivity contribution in [3.63, 3.8) is 0 Å². The summed E-state index contributed by atoms with van der Waals surface area (Å²) in [7, 11) is 1.58. The van der Waals surface area contributed by atoms with E-state index in [1.54, 1.807) is 19.4 Å². The summed E-state index contributed by atoms with van der Waals surface area (Å²) in [6.45, 7) is -0.0990. The number of nitrogens with zero attached hydrogens (tertiary/aromatic N) is 1. The van der Waals surface area contributed by atoms with Crippen molar-refractivity contribution in [2.75, 3.05) is 13.7 Å². The molecule has 1 aromatic heterocycles. The number of halogens is 1. The first-order valence-electron chi connectivity index (χ1n) is 10.9. The molecule has 2 N–H and O–H groups in total. The fourth-order valence-corrected chi connectivity index (χ4v) is 4.08. The minimum absolute atomic E-state index is 0.0990. The molecule has 0 spiro atoms. The van der Waals surface area contributed by atoms with Gasteiger partial charge < -0.3 is 19.7 Å². The number of aliphatic hydroxyl groups excluding tert-OH is 2. The van der Waals surface area contributed by atoms with Gasteiger partial charge in [0.1, 0.15) is 0 Å². The molecule has 1 aliphatic rings. The van der Waals surface area contributed by atoms with Crippen LogP contribution < -0.4 is 4.74 Å². The van der Waals surface area contributed by atoms with Gasteiger partial charge in [-0.15, -0.1) is 0 Å². The van der Waals surface area contributed by atoms with Crippen molar-refractivity contribution in [3.05, 3.63) is 93.6 Å². The van der Waals surface area contributed by atoms with Gasteiger partial charge in [-0.05, 0) is 47.4 Å². The lowest BCUT2D eigenvalue weighted by Crippen LogP contribution is -2.33. The minimum Gasteiger partial charge on any atom is -0.481 e. The van der Waals surface area contributed by atoms with Gasteiger partial charge in [-0.25, -0.2) is 4.98 Å². The summed E-state index contributed by atoms with van der Waals surface area (Å²) in [4.78, 5) is 4.16. The van der Waals surface area contributed by atoms with E-state index in [0.29, 0.717) is 30.2 Å². The number of rotatable bonds is 5. The van der Waals surface area contributed by atoms with Gasteiger partial charge in [0.05, 0.1) is 32.0 Å². The Hall–Kier alpha value is -2.88. The zero-order valence-electron chi connectivity index (χ0n) is 18.4. The molecule has 2 heterocycles. The highest BCUT2D eigenvalue weighted by Gasteiger charge is 2.29. The molecule has 1 aliphatic heterocycles. The predicted molar refractivity (Wildman–Crippen MR) is 127 cm³/mol. The summed E-state index contributed by atoms with van der Waals surface area (Å²) in [6, 6.07) is 17.6. The molecule has 0 bridgehead atoms. The Balaban J connectivity index is 1.45. The standard InChI is InChI=1S/C27H26ClNO4/c1-32-27-11-8-20(16-29-27)7-4-18-2-5-19(6-3-18)12-22-13-21(9-10-25(22)28)26-15-23(31)14-24(17-30)33-26/h2-3,5-6,8-11,13,16,23-24,26,30-31H,12,14-15,17H2,1H3/t23-,24-,26+/m0/s1. The van der Waals surface area contributed by atoms with Crippen molar-refractivity contribution < 1.29 is 19.7 Å². The second-order valence-corrected chi connectivity index (χ2v) is 8.53. The van der Waals surface area contributed by atoms with Crippen molar-refractivity contribution in [1.82, 2.24) is 4.98 Å². The van der Waals surface area contributed by atoms with E-state index in [1.807, 2.05) is 48.5 Å². The molecule has 1 fully saturated rings. The van der Waals surface area contributed by atoms with Crippen LogP contribution in [0.3, 0.4) is 0 Å². The Morgan fingerprint density at radius 1 is 1.06 bits per heavy atom. The van der Waals surface area contributed by atoms with E-state index in [0.717, 1.165) is 27.8 Å². The molecule has 0 aliphatic carbocycles. The molecule has 3 atom stereocenters. The number of methoxy groups -OCH3 is 1. The van der Waals surface area contributed by atoms with Gasteiger partial charge in [0, 0.05) is 41.3 Å². The maximum atomic E-state index is 10.1. The molecule has 0 radical (unpaired) electrons. The molecule has 6 heteroatoms. The molecule has 0 saturated carbocycles. The van der Waals surface area contributed by atoms with Crippen LogP contribution >= 0.6 is 11.6 Å². The van der Waals surface area contributed by atoms with Gasteiger partial charge in [0.2, 0.25) is 5.88 Å².